The molecule has 1 aromatic carbocycles. The van der Waals surface area contributed by atoms with Crippen LogP contribution in [0.3, 0.4) is 0 Å². The minimum absolute atomic E-state index is 0.0229. The van der Waals surface area contributed by atoms with E-state index in [1.807, 2.05) is 14.0 Å². The number of aryl methyl sites for hydroxylation is 1. The average Bonchev–Trinajstić information content (AvgIpc) is 2.46. The monoisotopic (exact) mass is 291 g/mol. The molecule has 0 bridgehead atoms. The smallest absolute Gasteiger partial charge is 0.224 e. The molecule has 0 fully saturated rings. The number of nitrogens with one attached hydrogen (secondary N) is 2. The molecule has 1 unspecified atom stereocenters. The van der Waals surface area contributed by atoms with Crippen LogP contribution in [-0.4, -0.2) is 33.1 Å². The van der Waals surface area contributed by atoms with Crippen LogP contribution in [0.15, 0.2) is 18.2 Å². The first-order valence-corrected chi connectivity index (χ1v) is 7.72. The molecular weight excluding hydrogens is 262 g/mol. The Balaban J connectivity index is 2.68. The van der Waals surface area contributed by atoms with Gasteiger partial charge in [0.05, 0.1) is 5.92 Å². The average molecular weight is 291 g/mol. The van der Waals surface area contributed by atoms with Crippen molar-refractivity contribution >= 4 is 11.6 Å². The lowest BCUT2D eigenvalue weighted by molar-refractivity contribution is -0.123. The highest BCUT2D eigenvalue weighted by Crippen LogP contribution is 2.21. The number of benzene rings is 1. The first-order chi connectivity index (χ1) is 9.99. The number of amides is 1. The molecule has 0 saturated heterocycles. The number of carbonyl (C=O) groups excluding carboxylic acids is 1. The van der Waals surface area contributed by atoms with E-state index in [2.05, 4.69) is 47.6 Å². The van der Waals surface area contributed by atoms with Gasteiger partial charge in [-0.2, -0.15) is 0 Å². The molecule has 1 aromatic rings. The van der Waals surface area contributed by atoms with E-state index in [1.54, 1.807) is 7.05 Å². The highest BCUT2D eigenvalue weighted by atomic mass is 16.1. The molecule has 1 rings (SSSR count). The zero-order valence-corrected chi connectivity index (χ0v) is 14.0. The zero-order valence-electron chi connectivity index (χ0n) is 14.0. The van der Waals surface area contributed by atoms with Crippen LogP contribution in [0.4, 0.5) is 5.69 Å². The summed E-state index contributed by atoms with van der Waals surface area (Å²) in [5, 5.41) is 6.12. The van der Waals surface area contributed by atoms with Gasteiger partial charge in [0.15, 0.2) is 0 Å². The van der Waals surface area contributed by atoms with Gasteiger partial charge < -0.3 is 15.5 Å². The Kier molecular flexibility index (Phi) is 7.23. The molecule has 0 heterocycles. The molecule has 0 saturated carbocycles. The predicted octanol–water partition coefficient (Wildman–Crippen LogP) is 2.31. The largest absolute Gasteiger partial charge is 0.374 e. The molecule has 0 aliphatic carbocycles. The fourth-order valence-electron chi connectivity index (χ4n) is 2.50. The molecule has 1 amide bonds. The summed E-state index contributed by atoms with van der Waals surface area (Å²) in [5.74, 6) is 0.0604. The summed E-state index contributed by atoms with van der Waals surface area (Å²) in [6.07, 6.45) is 1.15. The van der Waals surface area contributed by atoms with E-state index in [-0.39, 0.29) is 11.8 Å². The van der Waals surface area contributed by atoms with Crippen molar-refractivity contribution in [1.29, 1.82) is 0 Å². The van der Waals surface area contributed by atoms with Gasteiger partial charge in [0.25, 0.3) is 0 Å². The summed E-state index contributed by atoms with van der Waals surface area (Å²) < 4.78 is 0. The summed E-state index contributed by atoms with van der Waals surface area (Å²) in [5.41, 5.74) is 3.74. The van der Waals surface area contributed by atoms with Crippen molar-refractivity contribution in [2.75, 3.05) is 32.1 Å². The Hall–Kier alpha value is -1.55. The molecule has 1 atom stereocenters. The van der Waals surface area contributed by atoms with Gasteiger partial charge in [-0.1, -0.05) is 26.0 Å². The third kappa shape index (κ3) is 5.38. The highest BCUT2D eigenvalue weighted by molar-refractivity contribution is 5.78. The summed E-state index contributed by atoms with van der Waals surface area (Å²) in [7, 11) is 3.72. The molecule has 118 valence electrons. The van der Waals surface area contributed by atoms with Crippen molar-refractivity contribution in [2.45, 2.75) is 33.7 Å². The van der Waals surface area contributed by atoms with E-state index in [4.69, 9.17) is 0 Å². The van der Waals surface area contributed by atoms with Gasteiger partial charge in [-0.25, -0.2) is 0 Å². The van der Waals surface area contributed by atoms with Crippen LogP contribution in [0.5, 0.6) is 0 Å². The first kappa shape index (κ1) is 17.5. The fourth-order valence-corrected chi connectivity index (χ4v) is 2.50. The number of anilines is 1. The zero-order chi connectivity index (χ0) is 15.8. The Morgan fingerprint density at radius 3 is 2.67 bits per heavy atom. The van der Waals surface area contributed by atoms with Crippen molar-refractivity contribution in [3.05, 3.63) is 29.3 Å². The van der Waals surface area contributed by atoms with E-state index >= 15 is 0 Å². The molecule has 0 spiro atoms. The van der Waals surface area contributed by atoms with Crippen molar-refractivity contribution in [1.82, 2.24) is 10.6 Å². The maximum absolute atomic E-state index is 11.6. The van der Waals surface area contributed by atoms with Crippen LogP contribution in [0, 0.1) is 12.8 Å². The second-order valence-electron chi connectivity index (χ2n) is 5.69. The maximum Gasteiger partial charge on any atom is 0.224 e. The molecule has 2 N–H and O–H groups in total. The summed E-state index contributed by atoms with van der Waals surface area (Å²) in [4.78, 5) is 13.8. The quantitative estimate of drug-likeness (QED) is 0.723. The third-order valence-electron chi connectivity index (χ3n) is 3.67. The van der Waals surface area contributed by atoms with Crippen molar-refractivity contribution < 1.29 is 4.79 Å². The second-order valence-corrected chi connectivity index (χ2v) is 5.69. The minimum atomic E-state index is -0.0229. The lowest BCUT2D eigenvalue weighted by Crippen LogP contribution is -2.34. The van der Waals surface area contributed by atoms with Crippen molar-refractivity contribution in [3.8, 4) is 0 Å². The van der Waals surface area contributed by atoms with Crippen LogP contribution >= 0.6 is 0 Å². The summed E-state index contributed by atoms with van der Waals surface area (Å²) in [6.45, 7) is 8.92. The first-order valence-electron chi connectivity index (χ1n) is 7.72. The fraction of sp³-hybridized carbons (Fsp3) is 0.588. The van der Waals surface area contributed by atoms with E-state index in [9.17, 15) is 4.79 Å². The van der Waals surface area contributed by atoms with Gasteiger partial charge in [-0.05, 0) is 37.1 Å². The molecule has 0 aliphatic heterocycles. The number of hydrogen-bond acceptors (Lipinski definition) is 3. The summed E-state index contributed by atoms with van der Waals surface area (Å²) >= 11 is 0. The lowest BCUT2D eigenvalue weighted by atomic mass is 10.1. The van der Waals surface area contributed by atoms with Gasteiger partial charge in [-0.15, -0.1) is 0 Å². The van der Waals surface area contributed by atoms with Crippen LogP contribution < -0.4 is 15.5 Å². The van der Waals surface area contributed by atoms with E-state index in [0.29, 0.717) is 6.54 Å². The Morgan fingerprint density at radius 2 is 2.10 bits per heavy atom. The molecule has 0 aliphatic rings. The number of nitrogens with zero attached hydrogens (tertiary/aromatic N) is 1. The number of hydrogen-bond donors (Lipinski definition) is 2. The molecule has 0 radical (unpaired) electrons. The predicted molar refractivity (Wildman–Crippen MR) is 89.7 cm³/mol. The Labute approximate surface area is 128 Å². The summed E-state index contributed by atoms with van der Waals surface area (Å²) in [6, 6.07) is 6.53. The lowest BCUT2D eigenvalue weighted by Gasteiger charge is -2.24. The van der Waals surface area contributed by atoms with Gasteiger partial charge in [-0.3, -0.25) is 4.79 Å². The van der Waals surface area contributed by atoms with E-state index in [1.165, 1.54) is 16.8 Å². The third-order valence-corrected chi connectivity index (χ3v) is 3.67. The Bertz CT molecular complexity index is 459. The number of carbonyl (C=O) groups is 1. The molecule has 0 aromatic heterocycles. The van der Waals surface area contributed by atoms with E-state index in [0.717, 1.165) is 19.5 Å². The van der Waals surface area contributed by atoms with Gasteiger partial charge in [0, 0.05) is 32.9 Å². The topological polar surface area (TPSA) is 44.4 Å². The van der Waals surface area contributed by atoms with Crippen LogP contribution in [-0.2, 0) is 11.3 Å². The van der Waals surface area contributed by atoms with Gasteiger partial charge in [0.1, 0.15) is 0 Å². The second kappa shape index (κ2) is 8.67. The van der Waals surface area contributed by atoms with Crippen LogP contribution in [0.2, 0.25) is 0 Å². The molecule has 21 heavy (non-hydrogen) atoms. The Morgan fingerprint density at radius 1 is 1.38 bits per heavy atom. The minimum Gasteiger partial charge on any atom is -0.374 e. The van der Waals surface area contributed by atoms with Crippen molar-refractivity contribution in [3.63, 3.8) is 0 Å². The van der Waals surface area contributed by atoms with Crippen molar-refractivity contribution in [2.24, 2.45) is 5.92 Å². The maximum atomic E-state index is 11.6. The van der Waals surface area contributed by atoms with E-state index < -0.39 is 0 Å². The van der Waals surface area contributed by atoms with Gasteiger partial charge in [0.2, 0.25) is 5.91 Å². The molecular formula is C17H29N3O. The number of rotatable bonds is 8. The van der Waals surface area contributed by atoms with Crippen LogP contribution in [0.25, 0.3) is 0 Å². The highest BCUT2D eigenvalue weighted by Gasteiger charge is 2.15. The normalized spacial score (nSPS) is 12.0. The molecule has 4 heteroatoms. The SMILES string of the molecule is CCCNCc1ccc(N(C)CC(C)C(=O)NC)c(C)c1. The standard InChI is InChI=1S/C17H29N3O/c1-6-9-19-11-15-7-8-16(13(2)10-15)20(5)12-14(3)17(21)18-4/h7-8,10,14,19H,6,9,11-12H2,1-5H3,(H,18,21). The van der Waals surface area contributed by atoms with Crippen LogP contribution in [0.1, 0.15) is 31.4 Å². The van der Waals surface area contributed by atoms with Gasteiger partial charge >= 0.3 is 0 Å². The molecule has 4 nitrogen and oxygen atoms in total.